The smallest absolute Gasteiger partial charge is 0.258 e. The summed E-state index contributed by atoms with van der Waals surface area (Å²) in [5, 5.41) is 10.8. The summed E-state index contributed by atoms with van der Waals surface area (Å²) < 4.78 is 37.8. The van der Waals surface area contributed by atoms with E-state index in [0.717, 1.165) is 24.5 Å². The Morgan fingerprint density at radius 2 is 1.95 bits per heavy atom. The third-order valence-corrected chi connectivity index (χ3v) is 2.61. The van der Waals surface area contributed by atoms with Gasteiger partial charge in [-0.1, -0.05) is 11.6 Å². The number of pyridine rings is 2. The molecule has 0 bridgehead atoms. The van der Waals surface area contributed by atoms with E-state index in [-0.39, 0.29) is 16.3 Å². The van der Waals surface area contributed by atoms with E-state index in [4.69, 9.17) is 11.6 Å². The molecule has 9 heteroatoms. The van der Waals surface area contributed by atoms with E-state index in [1.54, 1.807) is 0 Å². The van der Waals surface area contributed by atoms with Gasteiger partial charge in [0.1, 0.15) is 17.0 Å². The molecule has 2 heterocycles. The molecule has 2 aromatic rings. The van der Waals surface area contributed by atoms with Crippen LogP contribution in [-0.2, 0) is 6.18 Å². The number of hydrogen-bond acceptors (Lipinski definition) is 4. The Morgan fingerprint density at radius 1 is 1.25 bits per heavy atom. The van der Waals surface area contributed by atoms with Crippen LogP contribution >= 0.6 is 11.6 Å². The lowest BCUT2D eigenvalue weighted by Crippen LogP contribution is -2.07. The number of nitrogens with zero attached hydrogens (tertiary/aromatic N) is 3. The maximum absolute atomic E-state index is 12.6. The van der Waals surface area contributed by atoms with Crippen LogP contribution in [0, 0.1) is 10.1 Å². The molecule has 2 rings (SSSR count). The lowest BCUT2D eigenvalue weighted by molar-refractivity contribution is -0.384. The van der Waals surface area contributed by atoms with Gasteiger partial charge in [0, 0.05) is 6.20 Å². The Labute approximate surface area is 115 Å². The van der Waals surface area contributed by atoms with Crippen LogP contribution in [0.25, 0.3) is 11.1 Å². The van der Waals surface area contributed by atoms with E-state index in [1.807, 2.05) is 0 Å². The van der Waals surface area contributed by atoms with Crippen molar-refractivity contribution in [2.45, 2.75) is 6.18 Å². The number of alkyl halides is 3. The van der Waals surface area contributed by atoms with Gasteiger partial charge in [-0.15, -0.1) is 0 Å². The third kappa shape index (κ3) is 2.85. The summed E-state index contributed by atoms with van der Waals surface area (Å²) in [6.07, 6.45) is -2.82. The predicted octanol–water partition coefficient (Wildman–Crippen LogP) is 3.72. The lowest BCUT2D eigenvalue weighted by Gasteiger charge is -2.08. The minimum atomic E-state index is -4.64. The zero-order chi connectivity index (χ0) is 14.9. The largest absolute Gasteiger partial charge is 0.433 e. The van der Waals surface area contributed by atoms with Crippen molar-refractivity contribution >= 4 is 17.3 Å². The van der Waals surface area contributed by atoms with Crippen LogP contribution in [-0.4, -0.2) is 14.9 Å². The van der Waals surface area contributed by atoms with Crippen molar-refractivity contribution in [2.24, 2.45) is 0 Å². The second-order valence-corrected chi connectivity index (χ2v) is 4.10. The minimum Gasteiger partial charge on any atom is -0.258 e. The summed E-state index contributed by atoms with van der Waals surface area (Å²) in [6.45, 7) is 0. The summed E-state index contributed by atoms with van der Waals surface area (Å²) in [6, 6.07) is 3.09. The quantitative estimate of drug-likeness (QED) is 0.481. The van der Waals surface area contributed by atoms with Crippen LogP contribution in [0.3, 0.4) is 0 Å². The summed E-state index contributed by atoms with van der Waals surface area (Å²) in [5.41, 5.74) is -1.64. The van der Waals surface area contributed by atoms with Gasteiger partial charge in [0.15, 0.2) is 0 Å². The molecule has 0 N–H and O–H groups in total. The molecule has 5 nitrogen and oxygen atoms in total. The molecular weight excluding hydrogens is 299 g/mol. The third-order valence-electron chi connectivity index (χ3n) is 2.41. The van der Waals surface area contributed by atoms with Gasteiger partial charge in [-0.05, 0) is 23.8 Å². The molecule has 0 aromatic carbocycles. The van der Waals surface area contributed by atoms with Crippen molar-refractivity contribution < 1.29 is 18.1 Å². The highest BCUT2D eigenvalue weighted by atomic mass is 35.5. The zero-order valence-electron chi connectivity index (χ0n) is 9.56. The SMILES string of the molecule is O=[N+]([O-])c1cnc(Cl)cc1-c1ccnc(C(F)(F)F)c1. The van der Waals surface area contributed by atoms with Crippen LogP contribution in [0.5, 0.6) is 0 Å². The molecule has 0 unspecified atom stereocenters. The van der Waals surface area contributed by atoms with Gasteiger partial charge in [0.05, 0.1) is 10.5 Å². The first-order chi connectivity index (χ1) is 9.29. The van der Waals surface area contributed by atoms with E-state index in [2.05, 4.69) is 9.97 Å². The van der Waals surface area contributed by atoms with Crippen LogP contribution in [0.2, 0.25) is 5.15 Å². The number of hydrogen-bond donors (Lipinski definition) is 0. The molecule has 0 atom stereocenters. The highest BCUT2D eigenvalue weighted by Crippen LogP contribution is 2.34. The molecule has 20 heavy (non-hydrogen) atoms. The highest BCUT2D eigenvalue weighted by molar-refractivity contribution is 6.29. The lowest BCUT2D eigenvalue weighted by atomic mass is 10.1. The predicted molar refractivity (Wildman–Crippen MR) is 64.1 cm³/mol. The van der Waals surface area contributed by atoms with Crippen molar-refractivity contribution in [1.82, 2.24) is 9.97 Å². The molecule has 0 saturated carbocycles. The second-order valence-electron chi connectivity index (χ2n) is 3.71. The molecule has 0 aliphatic heterocycles. The van der Waals surface area contributed by atoms with E-state index in [0.29, 0.717) is 0 Å². The number of halogens is 4. The first-order valence-corrected chi connectivity index (χ1v) is 5.50. The molecule has 0 fully saturated rings. The summed E-state index contributed by atoms with van der Waals surface area (Å²) in [7, 11) is 0. The van der Waals surface area contributed by atoms with Gasteiger partial charge >= 0.3 is 6.18 Å². The van der Waals surface area contributed by atoms with Crippen molar-refractivity contribution in [3.8, 4) is 11.1 Å². The molecule has 0 aliphatic carbocycles. The van der Waals surface area contributed by atoms with Crippen LogP contribution in [0.1, 0.15) is 5.69 Å². The minimum absolute atomic E-state index is 0.0108. The molecule has 0 aliphatic rings. The van der Waals surface area contributed by atoms with Gasteiger partial charge < -0.3 is 0 Å². The Kier molecular flexibility index (Phi) is 3.58. The van der Waals surface area contributed by atoms with E-state index in [9.17, 15) is 23.3 Å². The monoisotopic (exact) mass is 303 g/mol. The van der Waals surface area contributed by atoms with Crippen molar-refractivity contribution in [3.63, 3.8) is 0 Å². The van der Waals surface area contributed by atoms with Gasteiger partial charge in [0.2, 0.25) is 0 Å². The number of nitro groups is 1. The van der Waals surface area contributed by atoms with E-state index >= 15 is 0 Å². The second kappa shape index (κ2) is 5.04. The van der Waals surface area contributed by atoms with Gasteiger partial charge in [-0.25, -0.2) is 4.98 Å². The van der Waals surface area contributed by atoms with E-state index in [1.165, 1.54) is 6.07 Å². The first-order valence-electron chi connectivity index (χ1n) is 5.12. The number of rotatable bonds is 2. The van der Waals surface area contributed by atoms with Gasteiger partial charge in [-0.3, -0.25) is 15.1 Å². The topological polar surface area (TPSA) is 68.9 Å². The highest BCUT2D eigenvalue weighted by Gasteiger charge is 2.33. The Morgan fingerprint density at radius 3 is 2.55 bits per heavy atom. The molecule has 0 radical (unpaired) electrons. The van der Waals surface area contributed by atoms with Crippen LogP contribution < -0.4 is 0 Å². The van der Waals surface area contributed by atoms with Crippen LogP contribution in [0.4, 0.5) is 18.9 Å². The van der Waals surface area contributed by atoms with Gasteiger partial charge in [-0.2, -0.15) is 13.2 Å². The van der Waals surface area contributed by atoms with Gasteiger partial charge in [0.25, 0.3) is 5.69 Å². The fourth-order valence-corrected chi connectivity index (χ4v) is 1.71. The van der Waals surface area contributed by atoms with Crippen LogP contribution in [0.15, 0.2) is 30.6 Å². The van der Waals surface area contributed by atoms with E-state index < -0.39 is 22.5 Å². The standard InChI is InChI=1S/C11H5ClF3N3O2/c12-10-4-7(8(5-17-10)18(19)20)6-1-2-16-9(3-6)11(13,14)15/h1-5H. The molecule has 0 amide bonds. The van der Waals surface area contributed by atoms with Crippen molar-refractivity contribution in [1.29, 1.82) is 0 Å². The summed E-state index contributed by atoms with van der Waals surface area (Å²) >= 11 is 5.63. The van der Waals surface area contributed by atoms with Crippen molar-refractivity contribution in [2.75, 3.05) is 0 Å². The maximum Gasteiger partial charge on any atom is 0.433 e. The molecule has 0 spiro atoms. The molecular formula is C11H5ClF3N3O2. The average molecular weight is 304 g/mol. The molecule has 0 saturated heterocycles. The summed E-state index contributed by atoms with van der Waals surface area (Å²) in [4.78, 5) is 16.9. The first kappa shape index (κ1) is 14.2. The van der Waals surface area contributed by atoms with Crippen molar-refractivity contribution in [3.05, 3.63) is 51.6 Å². The summed E-state index contributed by atoms with van der Waals surface area (Å²) in [5.74, 6) is 0. The maximum atomic E-state index is 12.6. The number of aromatic nitrogens is 2. The Bertz CT molecular complexity index is 676. The Hall–Kier alpha value is -2.22. The zero-order valence-corrected chi connectivity index (χ0v) is 10.3. The normalized spacial score (nSPS) is 11.4. The Balaban J connectivity index is 2.62. The molecule has 2 aromatic heterocycles. The fourth-order valence-electron chi connectivity index (χ4n) is 1.55. The average Bonchev–Trinajstić information content (AvgIpc) is 2.37. The molecule has 104 valence electrons. The fraction of sp³-hybridized carbons (Fsp3) is 0.0909.